The molecule has 2 aromatic heterocycles. The zero-order valence-corrected chi connectivity index (χ0v) is 16.5. The largest absolute Gasteiger partial charge is 0.381 e. The Morgan fingerprint density at radius 1 is 1.29 bits per heavy atom. The zero-order chi connectivity index (χ0) is 19.3. The van der Waals surface area contributed by atoms with Crippen molar-refractivity contribution in [3.63, 3.8) is 0 Å². The van der Waals surface area contributed by atoms with Crippen LogP contribution in [-0.2, 0) is 17.7 Å². The van der Waals surface area contributed by atoms with Crippen LogP contribution in [0.25, 0.3) is 0 Å². The number of nitrogens with zero attached hydrogens (tertiary/aromatic N) is 5. The van der Waals surface area contributed by atoms with Crippen molar-refractivity contribution in [1.82, 2.24) is 24.8 Å². The standard InChI is InChI=1S/C20H29N5O3/c1-2-24-12-9-16(22-24)20(26)25-11-5-8-17(25)19-21-18(23-28-19)10-13-27-14-15-6-3-4-7-15/h9,12,15,17H,2-8,10-11,13-14H2,1H3. The minimum Gasteiger partial charge on any atom is -0.381 e. The fraction of sp³-hybridized carbons (Fsp3) is 0.700. The first-order valence-electron chi connectivity index (χ1n) is 10.5. The van der Waals surface area contributed by atoms with Gasteiger partial charge in [0.05, 0.1) is 6.61 Å². The molecule has 0 radical (unpaired) electrons. The Morgan fingerprint density at radius 2 is 2.14 bits per heavy atom. The van der Waals surface area contributed by atoms with E-state index in [2.05, 4.69) is 15.2 Å². The summed E-state index contributed by atoms with van der Waals surface area (Å²) in [5, 5.41) is 8.42. The van der Waals surface area contributed by atoms with Crippen LogP contribution in [0, 0.1) is 5.92 Å². The highest BCUT2D eigenvalue weighted by molar-refractivity contribution is 5.92. The van der Waals surface area contributed by atoms with E-state index in [0.29, 0.717) is 37.0 Å². The van der Waals surface area contributed by atoms with Crippen molar-refractivity contribution in [1.29, 1.82) is 0 Å². The van der Waals surface area contributed by atoms with E-state index in [9.17, 15) is 4.79 Å². The van der Waals surface area contributed by atoms with Crippen LogP contribution in [0.1, 0.15) is 73.7 Å². The number of carbonyl (C=O) groups excluding carboxylic acids is 1. The summed E-state index contributed by atoms with van der Waals surface area (Å²) in [6.07, 6.45) is 9.46. The molecule has 0 bridgehead atoms. The molecule has 1 saturated heterocycles. The SMILES string of the molecule is CCn1ccc(C(=O)N2CCCC2c2nc(CCOCC3CCCC3)no2)n1. The Hall–Kier alpha value is -2.22. The van der Waals surface area contributed by atoms with E-state index >= 15 is 0 Å². The molecule has 3 heterocycles. The van der Waals surface area contributed by atoms with Gasteiger partial charge in [-0.3, -0.25) is 9.48 Å². The molecule has 1 amide bonds. The summed E-state index contributed by atoms with van der Waals surface area (Å²) in [5.74, 6) is 1.81. The van der Waals surface area contributed by atoms with Crippen LogP contribution in [0.2, 0.25) is 0 Å². The molecule has 1 aliphatic carbocycles. The smallest absolute Gasteiger partial charge is 0.275 e. The Balaban J connectivity index is 1.32. The van der Waals surface area contributed by atoms with Crippen molar-refractivity contribution in [2.75, 3.05) is 19.8 Å². The van der Waals surface area contributed by atoms with Gasteiger partial charge in [-0.15, -0.1) is 0 Å². The minimum absolute atomic E-state index is 0.0747. The molecule has 2 fully saturated rings. The van der Waals surface area contributed by atoms with E-state index in [1.54, 1.807) is 15.6 Å². The van der Waals surface area contributed by atoms with Gasteiger partial charge in [0.2, 0.25) is 5.89 Å². The number of carbonyl (C=O) groups is 1. The van der Waals surface area contributed by atoms with Crippen molar-refractivity contribution < 1.29 is 14.1 Å². The highest BCUT2D eigenvalue weighted by Crippen LogP contribution is 2.32. The number of ether oxygens (including phenoxy) is 1. The monoisotopic (exact) mass is 387 g/mol. The molecule has 28 heavy (non-hydrogen) atoms. The molecular weight excluding hydrogens is 358 g/mol. The first kappa shape index (κ1) is 19.1. The maximum absolute atomic E-state index is 12.8. The number of hydrogen-bond acceptors (Lipinski definition) is 6. The Kier molecular flexibility index (Phi) is 6.04. The lowest BCUT2D eigenvalue weighted by atomic mass is 10.1. The van der Waals surface area contributed by atoms with Crippen molar-refractivity contribution in [2.45, 2.75) is 64.5 Å². The van der Waals surface area contributed by atoms with Crippen LogP contribution in [0.3, 0.4) is 0 Å². The highest BCUT2D eigenvalue weighted by atomic mass is 16.5. The lowest BCUT2D eigenvalue weighted by molar-refractivity contribution is 0.0703. The highest BCUT2D eigenvalue weighted by Gasteiger charge is 2.35. The van der Waals surface area contributed by atoms with Gasteiger partial charge in [0.1, 0.15) is 11.7 Å². The second kappa shape index (κ2) is 8.86. The topological polar surface area (TPSA) is 86.3 Å². The maximum Gasteiger partial charge on any atom is 0.275 e. The van der Waals surface area contributed by atoms with Crippen LogP contribution < -0.4 is 0 Å². The zero-order valence-electron chi connectivity index (χ0n) is 16.5. The third kappa shape index (κ3) is 4.27. The van der Waals surface area contributed by atoms with E-state index in [4.69, 9.17) is 9.26 Å². The summed E-state index contributed by atoms with van der Waals surface area (Å²) in [6, 6.07) is 1.60. The van der Waals surface area contributed by atoms with Crippen molar-refractivity contribution in [3.05, 3.63) is 29.7 Å². The summed E-state index contributed by atoms with van der Waals surface area (Å²) in [6.45, 7) is 4.87. The van der Waals surface area contributed by atoms with E-state index in [1.165, 1.54) is 25.7 Å². The van der Waals surface area contributed by atoms with Gasteiger partial charge in [0.25, 0.3) is 5.91 Å². The quantitative estimate of drug-likeness (QED) is 0.647. The van der Waals surface area contributed by atoms with Gasteiger partial charge in [-0.2, -0.15) is 10.1 Å². The molecule has 1 unspecified atom stereocenters. The van der Waals surface area contributed by atoms with E-state index in [0.717, 1.165) is 31.9 Å². The van der Waals surface area contributed by atoms with Crippen molar-refractivity contribution >= 4 is 5.91 Å². The van der Waals surface area contributed by atoms with Crippen LogP contribution in [-0.4, -0.2) is 50.5 Å². The van der Waals surface area contributed by atoms with Crippen LogP contribution >= 0.6 is 0 Å². The number of likely N-dealkylation sites (tertiary alicyclic amines) is 1. The molecule has 1 aliphatic heterocycles. The average Bonchev–Trinajstić information content (AvgIpc) is 3.50. The molecule has 1 atom stereocenters. The van der Waals surface area contributed by atoms with Gasteiger partial charge in [-0.1, -0.05) is 18.0 Å². The molecule has 152 valence electrons. The fourth-order valence-electron chi connectivity index (χ4n) is 4.16. The number of aryl methyl sites for hydroxylation is 1. The van der Waals surface area contributed by atoms with Gasteiger partial charge in [0, 0.05) is 32.3 Å². The first-order chi connectivity index (χ1) is 13.7. The lowest BCUT2D eigenvalue weighted by Gasteiger charge is -2.20. The Labute approximate surface area is 165 Å². The molecule has 2 aliphatic rings. The van der Waals surface area contributed by atoms with E-state index in [1.807, 2.05) is 13.1 Å². The summed E-state index contributed by atoms with van der Waals surface area (Å²) in [4.78, 5) is 19.2. The number of hydrogen-bond donors (Lipinski definition) is 0. The first-order valence-corrected chi connectivity index (χ1v) is 10.5. The number of amides is 1. The molecule has 0 aromatic carbocycles. The maximum atomic E-state index is 12.8. The van der Waals surface area contributed by atoms with Gasteiger partial charge < -0.3 is 14.2 Å². The summed E-state index contributed by atoms with van der Waals surface area (Å²) >= 11 is 0. The lowest BCUT2D eigenvalue weighted by Crippen LogP contribution is -2.31. The summed E-state index contributed by atoms with van der Waals surface area (Å²) < 4.78 is 13.0. The van der Waals surface area contributed by atoms with Crippen molar-refractivity contribution in [2.24, 2.45) is 5.92 Å². The number of rotatable bonds is 8. The molecule has 2 aromatic rings. The van der Waals surface area contributed by atoms with E-state index < -0.39 is 0 Å². The summed E-state index contributed by atoms with van der Waals surface area (Å²) in [7, 11) is 0. The minimum atomic E-state index is -0.167. The van der Waals surface area contributed by atoms with Gasteiger partial charge >= 0.3 is 0 Å². The van der Waals surface area contributed by atoms with Gasteiger partial charge in [0.15, 0.2) is 5.82 Å². The average molecular weight is 387 g/mol. The van der Waals surface area contributed by atoms with Crippen LogP contribution in [0.4, 0.5) is 0 Å². The van der Waals surface area contributed by atoms with Crippen LogP contribution in [0.5, 0.6) is 0 Å². The molecule has 1 saturated carbocycles. The van der Waals surface area contributed by atoms with Gasteiger partial charge in [-0.05, 0) is 44.6 Å². The van der Waals surface area contributed by atoms with Crippen molar-refractivity contribution in [3.8, 4) is 0 Å². The molecule has 0 spiro atoms. The predicted octanol–water partition coefficient (Wildman–Crippen LogP) is 3.01. The molecular formula is C20H29N5O3. The number of aromatic nitrogens is 4. The fourth-order valence-corrected chi connectivity index (χ4v) is 4.16. The van der Waals surface area contributed by atoms with E-state index in [-0.39, 0.29) is 11.9 Å². The predicted molar refractivity (Wildman–Crippen MR) is 102 cm³/mol. The third-order valence-corrected chi connectivity index (χ3v) is 5.76. The molecule has 4 rings (SSSR count). The Bertz CT molecular complexity index is 780. The molecule has 0 N–H and O–H groups in total. The van der Waals surface area contributed by atoms with Crippen LogP contribution in [0.15, 0.2) is 16.8 Å². The second-order valence-corrected chi connectivity index (χ2v) is 7.74. The normalized spacial score (nSPS) is 20.3. The summed E-state index contributed by atoms with van der Waals surface area (Å²) in [5.41, 5.74) is 0.466. The Morgan fingerprint density at radius 3 is 2.93 bits per heavy atom. The third-order valence-electron chi connectivity index (χ3n) is 5.76. The molecule has 8 nitrogen and oxygen atoms in total. The molecule has 8 heteroatoms. The second-order valence-electron chi connectivity index (χ2n) is 7.74. The van der Waals surface area contributed by atoms with Gasteiger partial charge in [-0.25, -0.2) is 0 Å².